The van der Waals surface area contributed by atoms with Crippen LogP contribution in [-0.4, -0.2) is 10.1 Å². The minimum atomic E-state index is 0.455. The molecule has 0 fully saturated rings. The summed E-state index contributed by atoms with van der Waals surface area (Å²) >= 11 is 0. The first-order chi connectivity index (χ1) is 9.33. The number of aromatic nitrogens is 2. The third kappa shape index (κ3) is 3.56. The van der Waals surface area contributed by atoms with E-state index < -0.39 is 0 Å². The fraction of sp³-hybridized carbons (Fsp3) is 0.467. The number of anilines is 1. The molecule has 0 radical (unpaired) electrons. The standard InChI is InChI=1S/C15H21N3O/c1-2-3-4-5-6-9-13-14(15(16)18-19-13)12-8-7-10-17-11-12/h7-8,10-11H,2-6,9H2,1H3,(H2,16,18). The predicted octanol–water partition coefficient (Wildman–Crippen LogP) is 3.83. The fourth-order valence-corrected chi connectivity index (χ4v) is 2.22. The van der Waals surface area contributed by atoms with Crippen LogP contribution in [0.25, 0.3) is 11.1 Å². The molecule has 0 aliphatic rings. The molecule has 0 saturated carbocycles. The lowest BCUT2D eigenvalue weighted by Crippen LogP contribution is -1.92. The van der Waals surface area contributed by atoms with E-state index in [1.54, 1.807) is 12.4 Å². The number of nitrogens with zero attached hydrogens (tertiary/aromatic N) is 2. The number of rotatable bonds is 7. The molecule has 0 aliphatic heterocycles. The van der Waals surface area contributed by atoms with Crippen molar-refractivity contribution in [3.05, 3.63) is 30.3 Å². The average Bonchev–Trinajstić information content (AvgIpc) is 2.81. The van der Waals surface area contributed by atoms with Gasteiger partial charge in [0, 0.05) is 24.4 Å². The Labute approximate surface area is 114 Å². The van der Waals surface area contributed by atoms with Gasteiger partial charge in [-0.2, -0.15) is 0 Å². The summed E-state index contributed by atoms with van der Waals surface area (Å²) in [4.78, 5) is 4.12. The Morgan fingerprint density at radius 3 is 2.79 bits per heavy atom. The Bertz CT molecular complexity index is 493. The second-order valence-electron chi connectivity index (χ2n) is 4.77. The molecule has 2 aromatic heterocycles. The molecule has 102 valence electrons. The van der Waals surface area contributed by atoms with E-state index in [1.807, 2.05) is 12.1 Å². The molecule has 0 spiro atoms. The molecule has 0 saturated heterocycles. The Balaban J connectivity index is 2.02. The van der Waals surface area contributed by atoms with Crippen LogP contribution in [0.5, 0.6) is 0 Å². The average molecular weight is 259 g/mol. The van der Waals surface area contributed by atoms with E-state index in [1.165, 1.54) is 25.7 Å². The van der Waals surface area contributed by atoms with Crippen LogP contribution in [0.1, 0.15) is 44.8 Å². The minimum absolute atomic E-state index is 0.455. The molecular weight excluding hydrogens is 238 g/mol. The van der Waals surface area contributed by atoms with Gasteiger partial charge in [0.25, 0.3) is 0 Å². The summed E-state index contributed by atoms with van der Waals surface area (Å²) in [5, 5.41) is 3.88. The molecule has 0 atom stereocenters. The molecule has 19 heavy (non-hydrogen) atoms. The Morgan fingerprint density at radius 1 is 1.21 bits per heavy atom. The van der Waals surface area contributed by atoms with E-state index in [0.29, 0.717) is 5.82 Å². The summed E-state index contributed by atoms with van der Waals surface area (Å²) in [6.45, 7) is 2.22. The van der Waals surface area contributed by atoms with Crippen molar-refractivity contribution in [2.75, 3.05) is 5.73 Å². The van der Waals surface area contributed by atoms with E-state index in [9.17, 15) is 0 Å². The van der Waals surface area contributed by atoms with Crippen molar-refractivity contribution in [2.45, 2.75) is 45.4 Å². The van der Waals surface area contributed by atoms with E-state index in [2.05, 4.69) is 17.1 Å². The molecule has 0 aliphatic carbocycles. The number of hydrogen-bond donors (Lipinski definition) is 1. The number of aryl methyl sites for hydroxylation is 1. The highest BCUT2D eigenvalue weighted by molar-refractivity contribution is 5.74. The van der Waals surface area contributed by atoms with Crippen LogP contribution in [0.3, 0.4) is 0 Å². The third-order valence-corrected chi connectivity index (χ3v) is 3.25. The largest absolute Gasteiger partial charge is 0.380 e. The maximum atomic E-state index is 5.89. The molecular formula is C15H21N3O. The van der Waals surface area contributed by atoms with Crippen LogP contribution in [0.4, 0.5) is 5.82 Å². The highest BCUT2D eigenvalue weighted by atomic mass is 16.5. The lowest BCUT2D eigenvalue weighted by atomic mass is 10.0. The number of nitrogens with two attached hydrogens (primary N) is 1. The summed E-state index contributed by atoms with van der Waals surface area (Å²) in [5.41, 5.74) is 7.78. The zero-order chi connectivity index (χ0) is 13.5. The van der Waals surface area contributed by atoms with Gasteiger partial charge in [-0.3, -0.25) is 4.98 Å². The Morgan fingerprint density at radius 2 is 2.05 bits per heavy atom. The Hall–Kier alpha value is -1.84. The monoisotopic (exact) mass is 259 g/mol. The van der Waals surface area contributed by atoms with Gasteiger partial charge in [-0.05, 0) is 12.5 Å². The Kier molecular flexibility index (Phi) is 4.95. The molecule has 4 heteroatoms. The first-order valence-electron chi connectivity index (χ1n) is 6.97. The second-order valence-corrected chi connectivity index (χ2v) is 4.77. The smallest absolute Gasteiger partial charge is 0.175 e. The number of unbranched alkanes of at least 4 members (excludes halogenated alkanes) is 4. The number of nitrogen functional groups attached to an aromatic ring is 1. The molecule has 2 heterocycles. The van der Waals surface area contributed by atoms with Gasteiger partial charge in [-0.25, -0.2) is 0 Å². The maximum absolute atomic E-state index is 5.89. The fourth-order valence-electron chi connectivity index (χ4n) is 2.22. The normalized spacial score (nSPS) is 10.8. The third-order valence-electron chi connectivity index (χ3n) is 3.25. The summed E-state index contributed by atoms with van der Waals surface area (Å²) in [5.74, 6) is 1.33. The highest BCUT2D eigenvalue weighted by Gasteiger charge is 2.15. The zero-order valence-corrected chi connectivity index (χ0v) is 11.4. The van der Waals surface area contributed by atoms with Crippen molar-refractivity contribution < 1.29 is 4.52 Å². The lowest BCUT2D eigenvalue weighted by molar-refractivity contribution is 0.381. The van der Waals surface area contributed by atoms with Crippen LogP contribution in [0.15, 0.2) is 29.0 Å². The lowest BCUT2D eigenvalue weighted by Gasteiger charge is -2.02. The first-order valence-corrected chi connectivity index (χ1v) is 6.97. The van der Waals surface area contributed by atoms with Crippen molar-refractivity contribution in [3.8, 4) is 11.1 Å². The van der Waals surface area contributed by atoms with Crippen molar-refractivity contribution in [1.29, 1.82) is 0 Å². The second kappa shape index (κ2) is 6.92. The van der Waals surface area contributed by atoms with Gasteiger partial charge in [0.1, 0.15) is 5.76 Å². The van der Waals surface area contributed by atoms with Gasteiger partial charge < -0.3 is 10.3 Å². The van der Waals surface area contributed by atoms with Gasteiger partial charge >= 0.3 is 0 Å². The van der Waals surface area contributed by atoms with Crippen LogP contribution in [-0.2, 0) is 6.42 Å². The zero-order valence-electron chi connectivity index (χ0n) is 11.4. The first kappa shape index (κ1) is 13.6. The summed E-state index contributed by atoms with van der Waals surface area (Å²) in [7, 11) is 0. The van der Waals surface area contributed by atoms with E-state index in [0.717, 1.165) is 29.7 Å². The quantitative estimate of drug-likeness (QED) is 0.767. The van der Waals surface area contributed by atoms with Crippen LogP contribution < -0.4 is 5.73 Å². The van der Waals surface area contributed by atoms with Gasteiger partial charge in [-0.15, -0.1) is 0 Å². The van der Waals surface area contributed by atoms with Crippen LogP contribution >= 0.6 is 0 Å². The van der Waals surface area contributed by atoms with E-state index >= 15 is 0 Å². The molecule has 2 N–H and O–H groups in total. The molecule has 0 bridgehead atoms. The highest BCUT2D eigenvalue weighted by Crippen LogP contribution is 2.29. The van der Waals surface area contributed by atoms with Crippen LogP contribution in [0.2, 0.25) is 0 Å². The van der Waals surface area contributed by atoms with Gasteiger partial charge in [0.2, 0.25) is 0 Å². The topological polar surface area (TPSA) is 64.9 Å². The SMILES string of the molecule is CCCCCCCc1onc(N)c1-c1cccnc1. The van der Waals surface area contributed by atoms with E-state index in [4.69, 9.17) is 10.3 Å². The molecule has 0 aromatic carbocycles. The van der Waals surface area contributed by atoms with Crippen molar-refractivity contribution in [2.24, 2.45) is 0 Å². The van der Waals surface area contributed by atoms with Crippen molar-refractivity contribution in [3.63, 3.8) is 0 Å². The van der Waals surface area contributed by atoms with Gasteiger partial charge in [0.15, 0.2) is 5.82 Å². The molecule has 0 unspecified atom stereocenters. The molecule has 0 amide bonds. The molecule has 2 aromatic rings. The van der Waals surface area contributed by atoms with Gasteiger partial charge in [-0.1, -0.05) is 43.8 Å². The van der Waals surface area contributed by atoms with Gasteiger partial charge in [0.05, 0.1) is 5.56 Å². The predicted molar refractivity (Wildman–Crippen MR) is 76.6 cm³/mol. The summed E-state index contributed by atoms with van der Waals surface area (Å²) in [6, 6.07) is 3.88. The van der Waals surface area contributed by atoms with E-state index in [-0.39, 0.29) is 0 Å². The molecule has 2 rings (SSSR count). The van der Waals surface area contributed by atoms with Crippen molar-refractivity contribution in [1.82, 2.24) is 10.1 Å². The molecule has 4 nitrogen and oxygen atoms in total. The van der Waals surface area contributed by atoms with Crippen molar-refractivity contribution >= 4 is 5.82 Å². The maximum Gasteiger partial charge on any atom is 0.175 e. The van der Waals surface area contributed by atoms with Crippen LogP contribution in [0, 0.1) is 0 Å². The summed E-state index contributed by atoms with van der Waals surface area (Å²) in [6.07, 6.45) is 10.6. The number of pyridine rings is 1. The number of hydrogen-bond acceptors (Lipinski definition) is 4. The summed E-state index contributed by atoms with van der Waals surface area (Å²) < 4.78 is 5.35. The minimum Gasteiger partial charge on any atom is -0.380 e.